The van der Waals surface area contributed by atoms with Crippen LogP contribution in [0.25, 0.3) is 11.0 Å². The lowest BCUT2D eigenvalue weighted by atomic mass is 10.3. The van der Waals surface area contributed by atoms with Gasteiger partial charge in [0.1, 0.15) is 16.5 Å². The fraction of sp³-hybridized carbons (Fsp3) is 0.111. The largest absolute Gasteiger partial charge is 0.464 e. The summed E-state index contributed by atoms with van der Waals surface area (Å²) in [6, 6.07) is 3.24. The van der Waals surface area contributed by atoms with E-state index in [4.69, 9.17) is 23.2 Å². The van der Waals surface area contributed by atoms with Crippen molar-refractivity contribution >= 4 is 40.2 Å². The zero-order valence-electron chi connectivity index (χ0n) is 7.67. The number of nitrogens with zero attached hydrogens (tertiary/aromatic N) is 1. The van der Waals surface area contributed by atoms with Crippen molar-refractivity contribution in [2.75, 3.05) is 7.11 Å². The van der Waals surface area contributed by atoms with Crippen molar-refractivity contribution < 1.29 is 9.53 Å². The van der Waals surface area contributed by atoms with Crippen molar-refractivity contribution in [1.82, 2.24) is 9.97 Å². The summed E-state index contributed by atoms with van der Waals surface area (Å²) in [5.74, 6) is -0.458. The van der Waals surface area contributed by atoms with E-state index in [2.05, 4.69) is 14.7 Å². The standard InChI is InChI=1S/C9H6Cl2N2O2/c1-15-9(14)6-3-4-2-5(10)7(11)13-8(4)12-6/h2-3H,1H3,(H,12,13). The number of carbonyl (C=O) groups is 1. The molecule has 0 aromatic carbocycles. The first-order valence-corrected chi connectivity index (χ1v) is 4.80. The molecule has 2 rings (SSSR count). The highest BCUT2D eigenvalue weighted by Gasteiger charge is 2.11. The van der Waals surface area contributed by atoms with E-state index in [-0.39, 0.29) is 5.15 Å². The van der Waals surface area contributed by atoms with E-state index >= 15 is 0 Å². The average molecular weight is 245 g/mol. The number of esters is 1. The zero-order valence-corrected chi connectivity index (χ0v) is 9.19. The van der Waals surface area contributed by atoms with Crippen LogP contribution in [-0.4, -0.2) is 23.0 Å². The van der Waals surface area contributed by atoms with E-state index in [1.807, 2.05) is 0 Å². The van der Waals surface area contributed by atoms with Crippen molar-refractivity contribution in [2.24, 2.45) is 0 Å². The molecule has 6 heteroatoms. The molecule has 0 bridgehead atoms. The third-order valence-corrected chi connectivity index (χ3v) is 2.59. The van der Waals surface area contributed by atoms with Gasteiger partial charge in [0.15, 0.2) is 0 Å². The van der Waals surface area contributed by atoms with Crippen LogP contribution in [0.5, 0.6) is 0 Å². The second-order valence-electron chi connectivity index (χ2n) is 2.87. The maximum absolute atomic E-state index is 11.2. The Morgan fingerprint density at radius 3 is 2.87 bits per heavy atom. The fourth-order valence-corrected chi connectivity index (χ4v) is 1.53. The summed E-state index contributed by atoms with van der Waals surface area (Å²) in [6.45, 7) is 0. The molecule has 0 saturated carbocycles. The number of aromatic nitrogens is 2. The number of pyridine rings is 1. The van der Waals surface area contributed by atoms with Gasteiger partial charge in [0.25, 0.3) is 0 Å². The number of aromatic amines is 1. The molecular formula is C9H6Cl2N2O2. The van der Waals surface area contributed by atoms with Gasteiger partial charge in [0.05, 0.1) is 12.1 Å². The van der Waals surface area contributed by atoms with Crippen molar-refractivity contribution in [1.29, 1.82) is 0 Å². The number of carbonyl (C=O) groups excluding carboxylic acids is 1. The molecule has 2 aromatic rings. The van der Waals surface area contributed by atoms with Crippen LogP contribution < -0.4 is 0 Å². The molecule has 0 amide bonds. The predicted octanol–water partition coefficient (Wildman–Crippen LogP) is 2.66. The minimum atomic E-state index is -0.458. The normalized spacial score (nSPS) is 10.6. The van der Waals surface area contributed by atoms with Crippen molar-refractivity contribution in [3.63, 3.8) is 0 Å². The topological polar surface area (TPSA) is 55.0 Å². The third kappa shape index (κ3) is 1.78. The molecule has 0 aliphatic heterocycles. The van der Waals surface area contributed by atoms with Gasteiger partial charge in [-0.25, -0.2) is 9.78 Å². The maximum Gasteiger partial charge on any atom is 0.354 e. The third-order valence-electron chi connectivity index (χ3n) is 1.92. The first kappa shape index (κ1) is 10.3. The van der Waals surface area contributed by atoms with Gasteiger partial charge in [-0.2, -0.15) is 0 Å². The monoisotopic (exact) mass is 244 g/mol. The fourth-order valence-electron chi connectivity index (χ4n) is 1.23. The summed E-state index contributed by atoms with van der Waals surface area (Å²) >= 11 is 11.5. The van der Waals surface area contributed by atoms with Crippen LogP contribution in [0.15, 0.2) is 12.1 Å². The van der Waals surface area contributed by atoms with Gasteiger partial charge < -0.3 is 9.72 Å². The van der Waals surface area contributed by atoms with Crippen molar-refractivity contribution in [3.8, 4) is 0 Å². The van der Waals surface area contributed by atoms with Gasteiger partial charge in [-0.05, 0) is 12.1 Å². The van der Waals surface area contributed by atoms with Crippen LogP contribution in [0.1, 0.15) is 10.5 Å². The first-order valence-electron chi connectivity index (χ1n) is 4.05. The summed E-state index contributed by atoms with van der Waals surface area (Å²) < 4.78 is 4.56. The zero-order chi connectivity index (χ0) is 11.0. The Labute approximate surface area is 95.2 Å². The molecule has 4 nitrogen and oxygen atoms in total. The number of fused-ring (bicyclic) bond motifs is 1. The van der Waals surface area contributed by atoms with Crippen LogP contribution >= 0.6 is 23.2 Å². The van der Waals surface area contributed by atoms with Gasteiger partial charge in [0.2, 0.25) is 0 Å². The molecule has 0 unspecified atom stereocenters. The van der Waals surface area contributed by atoms with Gasteiger partial charge in [-0.15, -0.1) is 0 Å². The number of H-pyrrole nitrogens is 1. The quantitative estimate of drug-likeness (QED) is 0.620. The van der Waals surface area contributed by atoms with E-state index in [1.165, 1.54) is 7.11 Å². The summed E-state index contributed by atoms with van der Waals surface area (Å²) in [6.07, 6.45) is 0. The summed E-state index contributed by atoms with van der Waals surface area (Å²) in [5.41, 5.74) is 0.822. The van der Waals surface area contributed by atoms with Crippen LogP contribution in [0, 0.1) is 0 Å². The Kier molecular flexibility index (Phi) is 2.54. The molecule has 1 N–H and O–H groups in total. The Bertz CT molecular complexity index is 497. The maximum atomic E-state index is 11.2. The summed E-state index contributed by atoms with van der Waals surface area (Å²) in [4.78, 5) is 18.0. The second-order valence-corrected chi connectivity index (χ2v) is 3.64. The van der Waals surface area contributed by atoms with Crippen molar-refractivity contribution in [2.45, 2.75) is 0 Å². The van der Waals surface area contributed by atoms with Crippen LogP contribution in [0.2, 0.25) is 10.2 Å². The van der Waals surface area contributed by atoms with Crippen LogP contribution in [0.4, 0.5) is 0 Å². The van der Waals surface area contributed by atoms with E-state index < -0.39 is 5.97 Å². The minimum Gasteiger partial charge on any atom is -0.464 e. The molecular weight excluding hydrogens is 239 g/mol. The second kappa shape index (κ2) is 3.72. The summed E-state index contributed by atoms with van der Waals surface area (Å²) in [7, 11) is 1.31. The highest BCUT2D eigenvalue weighted by atomic mass is 35.5. The van der Waals surface area contributed by atoms with Gasteiger partial charge in [-0.1, -0.05) is 23.2 Å². The molecule has 0 spiro atoms. The Morgan fingerprint density at radius 1 is 1.47 bits per heavy atom. The van der Waals surface area contributed by atoms with E-state index in [0.717, 1.165) is 0 Å². The lowest BCUT2D eigenvalue weighted by Gasteiger charge is -1.93. The Hall–Kier alpha value is -1.26. The minimum absolute atomic E-state index is 0.197. The first-order chi connectivity index (χ1) is 7.11. The Balaban J connectivity index is 2.61. The molecule has 0 atom stereocenters. The number of rotatable bonds is 1. The lowest BCUT2D eigenvalue weighted by molar-refractivity contribution is 0.0595. The highest BCUT2D eigenvalue weighted by Crippen LogP contribution is 2.24. The van der Waals surface area contributed by atoms with Crippen LogP contribution in [0.3, 0.4) is 0 Å². The number of ether oxygens (including phenoxy) is 1. The van der Waals surface area contributed by atoms with Gasteiger partial charge in [0, 0.05) is 5.39 Å². The number of halogens is 2. The molecule has 0 fully saturated rings. The van der Waals surface area contributed by atoms with Crippen molar-refractivity contribution in [3.05, 3.63) is 28.0 Å². The van der Waals surface area contributed by atoms with Gasteiger partial charge in [-0.3, -0.25) is 0 Å². The average Bonchev–Trinajstić information content (AvgIpc) is 2.60. The summed E-state index contributed by atoms with van der Waals surface area (Å²) in [5, 5.41) is 1.26. The smallest absolute Gasteiger partial charge is 0.354 e. The molecule has 0 aliphatic carbocycles. The predicted molar refractivity (Wildman–Crippen MR) is 57.5 cm³/mol. The SMILES string of the molecule is COC(=O)c1cc2cc(Cl)c(Cl)nc2[nH]1. The number of methoxy groups -OCH3 is 1. The Morgan fingerprint density at radius 2 is 2.20 bits per heavy atom. The van der Waals surface area contributed by atoms with Crippen LogP contribution in [-0.2, 0) is 4.74 Å². The van der Waals surface area contributed by atoms with E-state index in [9.17, 15) is 4.79 Å². The number of hydrogen-bond donors (Lipinski definition) is 1. The van der Waals surface area contributed by atoms with E-state index in [0.29, 0.717) is 21.7 Å². The molecule has 78 valence electrons. The number of hydrogen-bond acceptors (Lipinski definition) is 3. The lowest BCUT2D eigenvalue weighted by Crippen LogP contribution is -2.00. The molecule has 0 radical (unpaired) electrons. The molecule has 2 heterocycles. The van der Waals surface area contributed by atoms with Gasteiger partial charge >= 0.3 is 5.97 Å². The molecule has 2 aromatic heterocycles. The van der Waals surface area contributed by atoms with E-state index in [1.54, 1.807) is 12.1 Å². The number of nitrogens with one attached hydrogen (secondary N) is 1. The molecule has 0 saturated heterocycles. The molecule has 15 heavy (non-hydrogen) atoms. The highest BCUT2D eigenvalue weighted by molar-refractivity contribution is 6.41. The molecule has 0 aliphatic rings.